The van der Waals surface area contributed by atoms with Crippen LogP contribution in [0.4, 0.5) is 0 Å². The first-order valence-electron chi connectivity index (χ1n) is 4.68. The molecule has 70 valence electrons. The minimum Gasteiger partial charge on any atom is -0.349 e. The minimum atomic E-state index is 0.0958. The number of nitrogens with one attached hydrogen (secondary N) is 1. The molecule has 1 aromatic rings. The first kappa shape index (κ1) is 8.75. The predicted molar refractivity (Wildman–Crippen MR) is 54.2 cm³/mol. The fraction of sp³-hybridized carbons (Fsp3) is 0.500. The van der Waals surface area contributed by atoms with Gasteiger partial charge in [-0.1, -0.05) is 6.92 Å². The highest BCUT2D eigenvalue weighted by molar-refractivity contribution is 7.10. The lowest BCUT2D eigenvalue weighted by Gasteiger charge is -1.98. The van der Waals surface area contributed by atoms with Crippen molar-refractivity contribution in [1.82, 2.24) is 5.32 Å². The van der Waals surface area contributed by atoms with Crippen molar-refractivity contribution in [3.8, 4) is 0 Å². The van der Waals surface area contributed by atoms with Crippen molar-refractivity contribution in [2.45, 2.75) is 32.2 Å². The van der Waals surface area contributed by atoms with Crippen LogP contribution in [0.5, 0.6) is 0 Å². The molecule has 0 aromatic carbocycles. The van der Waals surface area contributed by atoms with Crippen molar-refractivity contribution in [2.24, 2.45) is 0 Å². The van der Waals surface area contributed by atoms with E-state index in [0.29, 0.717) is 6.04 Å². The van der Waals surface area contributed by atoms with Gasteiger partial charge in [0, 0.05) is 16.3 Å². The first-order valence-corrected chi connectivity index (χ1v) is 5.56. The van der Waals surface area contributed by atoms with Gasteiger partial charge in [0.05, 0.1) is 5.56 Å². The number of carbonyl (C=O) groups is 1. The monoisotopic (exact) mass is 195 g/mol. The molecule has 0 radical (unpaired) electrons. The molecule has 0 bridgehead atoms. The number of carbonyl (C=O) groups excluding carboxylic acids is 1. The molecule has 1 aliphatic carbocycles. The first-order chi connectivity index (χ1) is 6.29. The Hall–Kier alpha value is -0.830. The number of thiophene rings is 1. The average molecular weight is 195 g/mol. The summed E-state index contributed by atoms with van der Waals surface area (Å²) in [6.45, 7) is 2.11. The molecule has 1 heterocycles. The molecule has 1 aromatic heterocycles. The molecule has 0 atom stereocenters. The van der Waals surface area contributed by atoms with Gasteiger partial charge in [-0.3, -0.25) is 4.79 Å². The molecule has 2 rings (SSSR count). The van der Waals surface area contributed by atoms with Crippen molar-refractivity contribution in [1.29, 1.82) is 0 Å². The molecule has 2 nitrogen and oxygen atoms in total. The summed E-state index contributed by atoms with van der Waals surface area (Å²) in [6.07, 6.45) is 3.31. The Kier molecular flexibility index (Phi) is 2.36. The maximum Gasteiger partial charge on any atom is 0.252 e. The summed E-state index contributed by atoms with van der Waals surface area (Å²) in [5.74, 6) is 0.0958. The molecule has 1 aliphatic rings. The molecule has 1 fully saturated rings. The van der Waals surface area contributed by atoms with Crippen LogP contribution >= 0.6 is 11.3 Å². The second-order valence-electron chi connectivity index (χ2n) is 3.40. The smallest absolute Gasteiger partial charge is 0.252 e. The highest BCUT2D eigenvalue weighted by Gasteiger charge is 2.23. The van der Waals surface area contributed by atoms with Crippen molar-refractivity contribution < 1.29 is 4.79 Å². The van der Waals surface area contributed by atoms with Crippen LogP contribution in [-0.2, 0) is 6.42 Å². The number of amides is 1. The topological polar surface area (TPSA) is 29.1 Å². The molecule has 1 amide bonds. The van der Waals surface area contributed by atoms with Crippen molar-refractivity contribution in [3.05, 3.63) is 21.9 Å². The summed E-state index contributed by atoms with van der Waals surface area (Å²) in [6, 6.07) is 2.44. The van der Waals surface area contributed by atoms with Crippen LogP contribution in [0.2, 0.25) is 0 Å². The maximum atomic E-state index is 11.5. The van der Waals surface area contributed by atoms with E-state index in [0.717, 1.165) is 24.8 Å². The van der Waals surface area contributed by atoms with Gasteiger partial charge in [0.1, 0.15) is 0 Å². The number of hydrogen-bond donors (Lipinski definition) is 1. The van der Waals surface area contributed by atoms with E-state index in [2.05, 4.69) is 12.2 Å². The van der Waals surface area contributed by atoms with E-state index >= 15 is 0 Å². The average Bonchev–Trinajstić information content (AvgIpc) is 2.82. The van der Waals surface area contributed by atoms with Crippen LogP contribution in [-0.4, -0.2) is 11.9 Å². The van der Waals surface area contributed by atoms with Crippen molar-refractivity contribution >= 4 is 17.2 Å². The van der Waals surface area contributed by atoms with Crippen molar-refractivity contribution in [3.63, 3.8) is 0 Å². The van der Waals surface area contributed by atoms with Gasteiger partial charge in [-0.25, -0.2) is 0 Å². The third-order valence-corrected chi connectivity index (χ3v) is 3.26. The standard InChI is InChI=1S/C10H13NOS/c1-2-9-5-7(6-13-9)10(12)11-8-3-4-8/h5-6,8H,2-4H2,1H3,(H,11,12). The quantitative estimate of drug-likeness (QED) is 0.787. The molecular weight excluding hydrogens is 182 g/mol. The Morgan fingerprint density at radius 2 is 2.46 bits per heavy atom. The normalized spacial score (nSPS) is 15.8. The Morgan fingerprint density at radius 1 is 1.69 bits per heavy atom. The summed E-state index contributed by atoms with van der Waals surface area (Å²) in [5.41, 5.74) is 0.828. The molecule has 0 aliphatic heterocycles. The Morgan fingerprint density at radius 3 is 3.00 bits per heavy atom. The number of hydrogen-bond acceptors (Lipinski definition) is 2. The zero-order valence-corrected chi connectivity index (χ0v) is 8.49. The van der Waals surface area contributed by atoms with E-state index in [1.165, 1.54) is 4.88 Å². The van der Waals surface area contributed by atoms with Gasteiger partial charge in [-0.2, -0.15) is 0 Å². The van der Waals surface area contributed by atoms with Gasteiger partial charge in [0.2, 0.25) is 0 Å². The Balaban J connectivity index is 2.01. The van der Waals surface area contributed by atoms with Gasteiger partial charge < -0.3 is 5.32 Å². The molecule has 1 saturated carbocycles. The number of rotatable bonds is 3. The zero-order valence-electron chi connectivity index (χ0n) is 7.67. The van der Waals surface area contributed by atoms with Crippen LogP contribution in [0, 0.1) is 0 Å². The largest absolute Gasteiger partial charge is 0.349 e. The minimum absolute atomic E-state index is 0.0958. The summed E-state index contributed by atoms with van der Waals surface area (Å²) >= 11 is 1.66. The van der Waals surface area contributed by atoms with E-state index < -0.39 is 0 Å². The second kappa shape index (κ2) is 3.50. The highest BCUT2D eigenvalue weighted by Crippen LogP contribution is 2.21. The van der Waals surface area contributed by atoms with Crippen LogP contribution in [0.3, 0.4) is 0 Å². The summed E-state index contributed by atoms with van der Waals surface area (Å²) in [7, 11) is 0. The summed E-state index contributed by atoms with van der Waals surface area (Å²) in [4.78, 5) is 12.8. The molecule has 3 heteroatoms. The Labute approximate surface area is 82.0 Å². The third kappa shape index (κ3) is 2.10. The molecule has 0 unspecified atom stereocenters. The van der Waals surface area contributed by atoms with Gasteiger partial charge in [0.15, 0.2) is 0 Å². The highest BCUT2D eigenvalue weighted by atomic mass is 32.1. The lowest BCUT2D eigenvalue weighted by Crippen LogP contribution is -2.24. The van der Waals surface area contributed by atoms with E-state index in [4.69, 9.17) is 0 Å². The van der Waals surface area contributed by atoms with E-state index in [-0.39, 0.29) is 5.91 Å². The van der Waals surface area contributed by atoms with Gasteiger partial charge in [0.25, 0.3) is 5.91 Å². The van der Waals surface area contributed by atoms with Crippen LogP contribution in [0.15, 0.2) is 11.4 Å². The van der Waals surface area contributed by atoms with E-state index in [1.807, 2.05) is 11.4 Å². The van der Waals surface area contributed by atoms with Crippen LogP contribution in [0.25, 0.3) is 0 Å². The van der Waals surface area contributed by atoms with Gasteiger partial charge >= 0.3 is 0 Å². The van der Waals surface area contributed by atoms with E-state index in [1.54, 1.807) is 11.3 Å². The molecular formula is C10H13NOS. The predicted octanol–water partition coefficient (Wildman–Crippen LogP) is 2.20. The third-order valence-electron chi connectivity index (χ3n) is 2.18. The van der Waals surface area contributed by atoms with E-state index in [9.17, 15) is 4.79 Å². The SMILES string of the molecule is CCc1cc(C(=O)NC2CC2)cs1. The lowest BCUT2D eigenvalue weighted by molar-refractivity contribution is 0.0951. The summed E-state index contributed by atoms with van der Waals surface area (Å²) in [5, 5.41) is 4.92. The molecule has 0 spiro atoms. The van der Waals surface area contributed by atoms with Gasteiger partial charge in [-0.15, -0.1) is 11.3 Å². The molecule has 0 saturated heterocycles. The Bertz CT molecular complexity index is 314. The van der Waals surface area contributed by atoms with Gasteiger partial charge in [-0.05, 0) is 25.3 Å². The van der Waals surface area contributed by atoms with Crippen LogP contribution < -0.4 is 5.32 Å². The van der Waals surface area contributed by atoms with Crippen molar-refractivity contribution in [2.75, 3.05) is 0 Å². The fourth-order valence-electron chi connectivity index (χ4n) is 1.18. The lowest BCUT2D eigenvalue weighted by atomic mass is 10.2. The maximum absolute atomic E-state index is 11.5. The summed E-state index contributed by atoms with van der Waals surface area (Å²) < 4.78 is 0. The van der Waals surface area contributed by atoms with Crippen LogP contribution in [0.1, 0.15) is 35.0 Å². The molecule has 1 N–H and O–H groups in total. The molecule has 13 heavy (non-hydrogen) atoms. The fourth-order valence-corrected chi connectivity index (χ4v) is 2.00. The zero-order chi connectivity index (χ0) is 9.26. The second-order valence-corrected chi connectivity index (χ2v) is 4.40. The number of aryl methyl sites for hydroxylation is 1.